The average molecular weight is 644 g/mol. The second-order valence-electron chi connectivity index (χ2n) is 16.4. The van der Waals surface area contributed by atoms with Gasteiger partial charge in [-0.05, 0) is 151 Å². The Morgan fingerprint density at radius 2 is 1.65 bits per heavy atom. The zero-order valence-electron chi connectivity index (χ0n) is 29.2. The fourth-order valence-electron chi connectivity index (χ4n) is 11.1. The summed E-state index contributed by atoms with van der Waals surface area (Å²) in [5.74, 6) is 6.03. The molecule has 3 heteroatoms. The topological polar surface area (TPSA) is 21.7 Å². The lowest BCUT2D eigenvalue weighted by Crippen LogP contribution is -2.44. The first-order valence-electron chi connectivity index (χ1n) is 20.1. The van der Waals surface area contributed by atoms with E-state index in [0.717, 1.165) is 37.0 Å². The first kappa shape index (κ1) is 31.1. The molecule has 7 aliphatic carbocycles. The van der Waals surface area contributed by atoms with Gasteiger partial charge < -0.3 is 14.4 Å². The molecule has 0 N–H and O–H groups in total. The molecule has 0 fully saturated rings. The van der Waals surface area contributed by atoms with E-state index in [2.05, 4.69) is 71.9 Å². The predicted octanol–water partition coefficient (Wildman–Crippen LogP) is 11.5. The Morgan fingerprint density at radius 3 is 2.50 bits per heavy atom. The third kappa shape index (κ3) is 6.07. The van der Waals surface area contributed by atoms with Gasteiger partial charge in [-0.15, -0.1) is 0 Å². The van der Waals surface area contributed by atoms with E-state index < -0.39 is 0 Å². The molecule has 2 aliphatic heterocycles. The lowest BCUT2D eigenvalue weighted by atomic mass is 9.72. The molecule has 0 saturated heterocycles. The minimum absolute atomic E-state index is 0.387. The van der Waals surface area contributed by atoms with Crippen molar-refractivity contribution in [1.82, 2.24) is 4.90 Å². The van der Waals surface area contributed by atoms with Crippen molar-refractivity contribution in [1.29, 1.82) is 0 Å². The van der Waals surface area contributed by atoms with Gasteiger partial charge in [0.1, 0.15) is 17.6 Å². The minimum Gasteiger partial charge on any atom is -0.497 e. The highest BCUT2D eigenvalue weighted by Crippen LogP contribution is 2.49. The Kier molecular flexibility index (Phi) is 8.91. The van der Waals surface area contributed by atoms with Crippen LogP contribution in [0.5, 0.6) is 0 Å². The van der Waals surface area contributed by atoms with Crippen LogP contribution >= 0.6 is 0 Å². The van der Waals surface area contributed by atoms with Crippen LogP contribution in [0.2, 0.25) is 0 Å². The zero-order chi connectivity index (χ0) is 31.9. The number of rotatable bonds is 6. The maximum absolute atomic E-state index is 6.50. The first-order chi connectivity index (χ1) is 23.8. The molecule has 48 heavy (non-hydrogen) atoms. The molecule has 9 rings (SSSR count). The third-order valence-corrected chi connectivity index (χ3v) is 13.8. The monoisotopic (exact) mass is 643 g/mol. The minimum atomic E-state index is 0.387. The lowest BCUT2D eigenvalue weighted by molar-refractivity contribution is 0.136. The van der Waals surface area contributed by atoms with E-state index in [0.29, 0.717) is 30.0 Å². The Labute approximate surface area is 290 Å². The van der Waals surface area contributed by atoms with E-state index in [1.807, 2.05) is 0 Å². The van der Waals surface area contributed by atoms with Crippen molar-refractivity contribution < 1.29 is 9.47 Å². The smallest absolute Gasteiger partial charge is 0.109 e. The summed E-state index contributed by atoms with van der Waals surface area (Å²) in [6.45, 7) is 0. The van der Waals surface area contributed by atoms with Crippen molar-refractivity contribution in [2.24, 2.45) is 29.6 Å². The molecule has 9 aliphatic rings. The number of fused-ring (bicyclic) bond motifs is 3. The van der Waals surface area contributed by atoms with Gasteiger partial charge in [-0.3, -0.25) is 0 Å². The second-order valence-corrected chi connectivity index (χ2v) is 16.4. The fourth-order valence-corrected chi connectivity index (χ4v) is 11.1. The van der Waals surface area contributed by atoms with Crippen molar-refractivity contribution >= 4 is 0 Å². The van der Waals surface area contributed by atoms with Crippen LogP contribution in [0.15, 0.2) is 107 Å². The molecular weight excluding hydrogens is 587 g/mol. The Bertz CT molecular complexity index is 1530. The number of nitrogens with zero attached hydrogens (tertiary/aromatic N) is 1. The van der Waals surface area contributed by atoms with Crippen LogP contribution in [0, 0.1) is 29.6 Å². The molecule has 0 aromatic rings. The van der Waals surface area contributed by atoms with Gasteiger partial charge in [0.05, 0.1) is 6.26 Å². The van der Waals surface area contributed by atoms with Crippen LogP contribution in [0.25, 0.3) is 0 Å². The molecule has 2 heterocycles. The second kappa shape index (κ2) is 13.8. The van der Waals surface area contributed by atoms with Gasteiger partial charge in [0, 0.05) is 41.6 Å². The van der Waals surface area contributed by atoms with Crippen LogP contribution in [0.4, 0.5) is 0 Å². The van der Waals surface area contributed by atoms with Gasteiger partial charge in [0.2, 0.25) is 0 Å². The van der Waals surface area contributed by atoms with Crippen molar-refractivity contribution in [2.45, 2.75) is 140 Å². The lowest BCUT2D eigenvalue weighted by Gasteiger charge is -2.45. The standard InChI is InChI=1S/C45H57NO2/c1-2-9-31(10-3-1)32-11-8-12-36(24-21-32)46(38-27-28-45-41(29-38)39-13-5-7-16-44(39)48-45)37-25-22-34(23-26-37)33-17-19-35(20-18-33)42-30-47-43-15-6-4-14-40(42)43/h1-2,4,8-9,12,14,19,25,28,30,32-34,36,38,40-41,43H,3,5-7,10-11,13,15-18,20-24,26-27,29H2. The number of hydrogen-bond acceptors (Lipinski definition) is 3. The largest absolute Gasteiger partial charge is 0.497 e. The van der Waals surface area contributed by atoms with Gasteiger partial charge in [-0.2, -0.15) is 0 Å². The van der Waals surface area contributed by atoms with E-state index in [4.69, 9.17) is 9.47 Å². The number of hydrogen-bond donors (Lipinski definition) is 0. The van der Waals surface area contributed by atoms with Gasteiger partial charge in [-0.25, -0.2) is 0 Å². The normalized spacial score (nSPS) is 37.5. The Balaban J connectivity index is 0.913. The Hall–Kier alpha value is -2.94. The Morgan fingerprint density at radius 1 is 0.729 bits per heavy atom. The van der Waals surface area contributed by atoms with Crippen LogP contribution < -0.4 is 0 Å². The first-order valence-corrected chi connectivity index (χ1v) is 20.1. The van der Waals surface area contributed by atoms with Crippen molar-refractivity contribution in [3.05, 3.63) is 107 Å². The summed E-state index contributed by atoms with van der Waals surface area (Å²) in [6.07, 6.45) is 51.1. The summed E-state index contributed by atoms with van der Waals surface area (Å²) in [6, 6.07) is 1.08. The van der Waals surface area contributed by atoms with Gasteiger partial charge in [0.15, 0.2) is 0 Å². The molecule has 3 nitrogen and oxygen atoms in total. The average Bonchev–Trinajstić information content (AvgIpc) is 3.66. The predicted molar refractivity (Wildman–Crippen MR) is 195 cm³/mol. The van der Waals surface area contributed by atoms with Crippen LogP contribution in [0.3, 0.4) is 0 Å². The number of ether oxygens (including phenoxy) is 2. The zero-order valence-corrected chi connectivity index (χ0v) is 29.2. The summed E-state index contributed by atoms with van der Waals surface area (Å²) in [7, 11) is 0. The summed E-state index contributed by atoms with van der Waals surface area (Å²) in [5.41, 5.74) is 8.07. The fraction of sp³-hybridized carbons (Fsp3) is 0.600. The van der Waals surface area contributed by atoms with E-state index in [1.165, 1.54) is 120 Å². The van der Waals surface area contributed by atoms with Crippen molar-refractivity contribution in [2.75, 3.05) is 0 Å². The molecule has 0 aromatic heterocycles. The highest BCUT2D eigenvalue weighted by Gasteiger charge is 2.41. The van der Waals surface area contributed by atoms with Gasteiger partial charge >= 0.3 is 0 Å². The quantitative estimate of drug-likeness (QED) is 0.269. The van der Waals surface area contributed by atoms with E-state index in [9.17, 15) is 0 Å². The van der Waals surface area contributed by atoms with Gasteiger partial charge in [0.25, 0.3) is 0 Å². The van der Waals surface area contributed by atoms with Crippen LogP contribution in [-0.2, 0) is 9.47 Å². The summed E-state index contributed by atoms with van der Waals surface area (Å²) < 4.78 is 12.6. The SMILES string of the molecule is C1=CCCC(C2CC=CC(N(C3=CCC(C4CC=C(C5=COC6CCC=CC56)CC4)CC3)C3CC=C4OC5=C(CCCC5)C4C3)CC2)=C1. The molecule has 0 amide bonds. The van der Waals surface area contributed by atoms with Crippen molar-refractivity contribution in [3.63, 3.8) is 0 Å². The molecule has 0 radical (unpaired) electrons. The summed E-state index contributed by atoms with van der Waals surface area (Å²) >= 11 is 0. The third-order valence-electron chi connectivity index (χ3n) is 13.8. The van der Waals surface area contributed by atoms with E-state index in [-0.39, 0.29) is 0 Å². The van der Waals surface area contributed by atoms with Crippen LogP contribution in [0.1, 0.15) is 122 Å². The van der Waals surface area contributed by atoms with Gasteiger partial charge in [-0.1, -0.05) is 60.3 Å². The highest BCUT2D eigenvalue weighted by atomic mass is 16.5. The maximum atomic E-state index is 6.50. The molecule has 0 bridgehead atoms. The molecule has 0 saturated carbocycles. The van der Waals surface area contributed by atoms with E-state index in [1.54, 1.807) is 22.4 Å². The summed E-state index contributed by atoms with van der Waals surface area (Å²) in [5, 5.41) is 0. The molecule has 0 spiro atoms. The van der Waals surface area contributed by atoms with Crippen molar-refractivity contribution in [3.8, 4) is 0 Å². The molecule has 254 valence electrons. The summed E-state index contributed by atoms with van der Waals surface area (Å²) in [4.78, 5) is 2.97. The molecule has 0 aromatic carbocycles. The maximum Gasteiger partial charge on any atom is 0.109 e. The molecular formula is C45H57NO2. The number of allylic oxidation sites excluding steroid dienone is 12. The molecule has 8 unspecified atom stereocenters. The molecule has 8 atom stereocenters. The van der Waals surface area contributed by atoms with E-state index >= 15 is 0 Å². The van der Waals surface area contributed by atoms with Crippen LogP contribution in [-0.4, -0.2) is 23.1 Å². The highest BCUT2D eigenvalue weighted by molar-refractivity contribution is 5.39.